The van der Waals surface area contributed by atoms with E-state index in [0.717, 1.165) is 28.7 Å². The number of aryl methyl sites for hydroxylation is 1. The van der Waals surface area contributed by atoms with Crippen LogP contribution in [0.2, 0.25) is 0 Å². The van der Waals surface area contributed by atoms with E-state index in [-0.39, 0.29) is 5.91 Å². The van der Waals surface area contributed by atoms with E-state index in [1.165, 1.54) is 5.56 Å². The van der Waals surface area contributed by atoms with E-state index in [1.54, 1.807) is 28.9 Å². The monoisotopic (exact) mass is 454 g/mol. The molecule has 0 atom stereocenters. The number of nitrogens with one attached hydrogen (secondary N) is 1. The number of benzene rings is 2. The lowest BCUT2D eigenvalue weighted by Crippen LogP contribution is -2.15. The SMILES string of the molecule is CCc1nn(Cc2ccccc2)c2cccc(NC(=O)c3cnc4cc(OCCN)ccn34)c12. The van der Waals surface area contributed by atoms with Crippen LogP contribution >= 0.6 is 0 Å². The molecule has 0 saturated carbocycles. The Morgan fingerprint density at radius 1 is 1.12 bits per heavy atom. The maximum atomic E-state index is 13.2. The Balaban J connectivity index is 1.46. The number of nitrogens with two attached hydrogens (primary N) is 1. The molecular formula is C26H26N6O2. The average molecular weight is 455 g/mol. The number of carbonyl (C=O) groups excluding carboxylic acids is 1. The molecule has 0 bridgehead atoms. The second-order valence-corrected chi connectivity index (χ2v) is 7.97. The molecule has 3 aromatic heterocycles. The molecule has 0 aliphatic heterocycles. The predicted molar refractivity (Wildman–Crippen MR) is 132 cm³/mol. The highest BCUT2D eigenvalue weighted by Gasteiger charge is 2.18. The van der Waals surface area contributed by atoms with Gasteiger partial charge in [0.1, 0.15) is 23.7 Å². The number of rotatable bonds is 8. The normalized spacial score (nSPS) is 11.2. The fourth-order valence-electron chi connectivity index (χ4n) is 4.12. The molecule has 2 aromatic carbocycles. The van der Waals surface area contributed by atoms with Gasteiger partial charge in [0.25, 0.3) is 5.91 Å². The van der Waals surface area contributed by atoms with E-state index < -0.39 is 0 Å². The van der Waals surface area contributed by atoms with Gasteiger partial charge >= 0.3 is 0 Å². The van der Waals surface area contributed by atoms with Crippen LogP contribution < -0.4 is 15.8 Å². The Morgan fingerprint density at radius 3 is 2.76 bits per heavy atom. The van der Waals surface area contributed by atoms with Gasteiger partial charge in [-0.25, -0.2) is 4.98 Å². The number of pyridine rings is 1. The summed E-state index contributed by atoms with van der Waals surface area (Å²) in [6, 6.07) is 19.7. The topological polar surface area (TPSA) is 99.5 Å². The van der Waals surface area contributed by atoms with Gasteiger partial charge in [0.15, 0.2) is 0 Å². The maximum Gasteiger partial charge on any atom is 0.274 e. The third-order valence-corrected chi connectivity index (χ3v) is 5.71. The summed E-state index contributed by atoms with van der Waals surface area (Å²) >= 11 is 0. The van der Waals surface area contributed by atoms with Crippen LogP contribution in [0, 0.1) is 0 Å². The molecule has 8 nitrogen and oxygen atoms in total. The van der Waals surface area contributed by atoms with Crippen LogP contribution in [0.4, 0.5) is 5.69 Å². The molecule has 0 fully saturated rings. The summed E-state index contributed by atoms with van der Waals surface area (Å²) in [5.41, 5.74) is 10.4. The number of nitrogens with zero attached hydrogens (tertiary/aromatic N) is 4. The van der Waals surface area contributed by atoms with Crippen molar-refractivity contribution in [3.05, 3.63) is 90.0 Å². The van der Waals surface area contributed by atoms with Gasteiger partial charge in [-0.15, -0.1) is 0 Å². The molecule has 172 valence electrons. The first kappa shape index (κ1) is 21.7. The number of hydrogen-bond donors (Lipinski definition) is 2. The Labute approximate surface area is 197 Å². The zero-order chi connectivity index (χ0) is 23.5. The van der Waals surface area contributed by atoms with Gasteiger partial charge in [-0.3, -0.25) is 13.9 Å². The van der Waals surface area contributed by atoms with Gasteiger partial charge in [0, 0.05) is 24.2 Å². The zero-order valence-corrected chi connectivity index (χ0v) is 18.9. The molecule has 5 rings (SSSR count). The minimum absolute atomic E-state index is 0.242. The smallest absolute Gasteiger partial charge is 0.274 e. The minimum Gasteiger partial charge on any atom is -0.492 e. The summed E-state index contributed by atoms with van der Waals surface area (Å²) in [5, 5.41) is 8.88. The molecule has 8 heteroatoms. The molecular weight excluding hydrogens is 428 g/mol. The molecule has 0 saturated heterocycles. The van der Waals surface area contributed by atoms with Crippen molar-refractivity contribution in [1.82, 2.24) is 19.2 Å². The lowest BCUT2D eigenvalue weighted by molar-refractivity contribution is 0.102. The highest BCUT2D eigenvalue weighted by Crippen LogP contribution is 2.29. The highest BCUT2D eigenvalue weighted by atomic mass is 16.5. The Morgan fingerprint density at radius 2 is 1.97 bits per heavy atom. The van der Waals surface area contributed by atoms with Gasteiger partial charge < -0.3 is 15.8 Å². The Kier molecular flexibility index (Phi) is 5.97. The molecule has 0 radical (unpaired) electrons. The number of hydrogen-bond acceptors (Lipinski definition) is 5. The van der Waals surface area contributed by atoms with Crippen molar-refractivity contribution in [2.75, 3.05) is 18.5 Å². The fourth-order valence-corrected chi connectivity index (χ4v) is 4.12. The van der Waals surface area contributed by atoms with E-state index in [2.05, 4.69) is 29.4 Å². The molecule has 0 unspecified atom stereocenters. The zero-order valence-electron chi connectivity index (χ0n) is 18.9. The summed E-state index contributed by atoms with van der Waals surface area (Å²) < 4.78 is 9.30. The molecule has 3 heterocycles. The lowest BCUT2D eigenvalue weighted by atomic mass is 10.1. The number of amides is 1. The van der Waals surface area contributed by atoms with Gasteiger partial charge in [-0.1, -0.05) is 43.3 Å². The number of ether oxygens (including phenoxy) is 1. The minimum atomic E-state index is -0.242. The largest absolute Gasteiger partial charge is 0.492 e. The van der Waals surface area contributed by atoms with Crippen molar-refractivity contribution in [3.63, 3.8) is 0 Å². The van der Waals surface area contributed by atoms with E-state index >= 15 is 0 Å². The number of aromatic nitrogens is 4. The molecule has 0 aliphatic carbocycles. The molecule has 3 N–H and O–H groups in total. The standard InChI is InChI=1S/C26H26N6O2/c1-2-20-25-21(9-6-10-22(25)32(30-20)17-18-7-4-3-5-8-18)29-26(33)23-16-28-24-15-19(34-14-12-27)11-13-31(23)24/h3-11,13,15-16H,2,12,14,17,27H2,1H3,(H,29,33). The molecule has 0 spiro atoms. The van der Waals surface area contributed by atoms with Gasteiger partial charge in [-0.2, -0.15) is 5.10 Å². The first-order valence-corrected chi connectivity index (χ1v) is 11.3. The number of imidazole rings is 1. The predicted octanol–water partition coefficient (Wildman–Crippen LogP) is 3.88. The first-order chi connectivity index (χ1) is 16.7. The van der Waals surface area contributed by atoms with Gasteiger partial charge in [0.2, 0.25) is 0 Å². The van der Waals surface area contributed by atoms with E-state index in [1.807, 2.05) is 41.1 Å². The van der Waals surface area contributed by atoms with Crippen molar-refractivity contribution in [3.8, 4) is 5.75 Å². The Hall–Kier alpha value is -4.17. The number of anilines is 1. The van der Waals surface area contributed by atoms with Crippen LogP contribution in [0.3, 0.4) is 0 Å². The van der Waals surface area contributed by atoms with Crippen molar-refractivity contribution >= 4 is 28.1 Å². The van der Waals surface area contributed by atoms with Crippen LogP contribution in [0.5, 0.6) is 5.75 Å². The number of fused-ring (bicyclic) bond motifs is 2. The third kappa shape index (κ3) is 4.11. The fraction of sp³-hybridized carbons (Fsp3) is 0.192. The van der Waals surface area contributed by atoms with Crippen LogP contribution in [0.25, 0.3) is 16.6 Å². The van der Waals surface area contributed by atoms with Crippen LogP contribution in [-0.4, -0.2) is 38.2 Å². The first-order valence-electron chi connectivity index (χ1n) is 11.3. The Bertz CT molecular complexity index is 1450. The molecule has 34 heavy (non-hydrogen) atoms. The van der Waals surface area contributed by atoms with Crippen LogP contribution in [0.1, 0.15) is 28.7 Å². The maximum absolute atomic E-state index is 13.2. The van der Waals surface area contributed by atoms with E-state index in [9.17, 15) is 4.79 Å². The van der Waals surface area contributed by atoms with Crippen molar-refractivity contribution < 1.29 is 9.53 Å². The average Bonchev–Trinajstić information content (AvgIpc) is 3.45. The third-order valence-electron chi connectivity index (χ3n) is 5.71. The summed E-state index contributed by atoms with van der Waals surface area (Å²) in [7, 11) is 0. The summed E-state index contributed by atoms with van der Waals surface area (Å²) in [6.45, 7) is 3.59. The van der Waals surface area contributed by atoms with Crippen molar-refractivity contribution in [2.24, 2.45) is 5.73 Å². The number of carbonyl (C=O) groups is 1. The summed E-state index contributed by atoms with van der Waals surface area (Å²) in [4.78, 5) is 17.6. The lowest BCUT2D eigenvalue weighted by Gasteiger charge is -2.09. The molecule has 0 aliphatic rings. The highest BCUT2D eigenvalue weighted by molar-refractivity contribution is 6.08. The van der Waals surface area contributed by atoms with Crippen LogP contribution in [0.15, 0.2) is 73.1 Å². The van der Waals surface area contributed by atoms with Gasteiger partial charge in [-0.05, 0) is 30.2 Å². The van der Waals surface area contributed by atoms with E-state index in [0.29, 0.717) is 36.8 Å². The van der Waals surface area contributed by atoms with E-state index in [4.69, 9.17) is 15.6 Å². The molecule has 1 amide bonds. The van der Waals surface area contributed by atoms with Crippen molar-refractivity contribution in [1.29, 1.82) is 0 Å². The quantitative estimate of drug-likeness (QED) is 0.371. The van der Waals surface area contributed by atoms with Crippen molar-refractivity contribution in [2.45, 2.75) is 19.9 Å². The molecule has 5 aromatic rings. The summed E-state index contributed by atoms with van der Waals surface area (Å²) in [6.07, 6.45) is 4.10. The van der Waals surface area contributed by atoms with Crippen LogP contribution in [-0.2, 0) is 13.0 Å². The van der Waals surface area contributed by atoms with Gasteiger partial charge in [0.05, 0.1) is 29.6 Å². The second kappa shape index (κ2) is 9.36. The second-order valence-electron chi connectivity index (χ2n) is 7.97. The summed E-state index contributed by atoms with van der Waals surface area (Å²) in [5.74, 6) is 0.423.